The minimum Gasteiger partial charge on any atom is -0.360 e. The minimum atomic E-state index is 0.528. The van der Waals surface area contributed by atoms with Crippen LogP contribution in [0.5, 0.6) is 0 Å². The molecule has 3 rings (SSSR count). The van der Waals surface area contributed by atoms with Gasteiger partial charge in [-0.3, -0.25) is 0 Å². The molecular weight excluding hydrogens is 328 g/mol. The van der Waals surface area contributed by atoms with Gasteiger partial charge in [0.1, 0.15) is 0 Å². The van der Waals surface area contributed by atoms with Crippen LogP contribution in [0.4, 0.5) is 5.95 Å². The van der Waals surface area contributed by atoms with E-state index >= 15 is 0 Å². The van der Waals surface area contributed by atoms with E-state index < -0.39 is 0 Å². The van der Waals surface area contributed by atoms with Crippen LogP contribution in [0.15, 0.2) is 35.1 Å². The van der Waals surface area contributed by atoms with Crippen molar-refractivity contribution in [3.8, 4) is 11.3 Å². The van der Waals surface area contributed by atoms with Crippen LogP contribution in [0.3, 0.4) is 0 Å². The Labute approximate surface area is 123 Å². The van der Waals surface area contributed by atoms with Gasteiger partial charge in [-0.1, -0.05) is 27.5 Å². The summed E-state index contributed by atoms with van der Waals surface area (Å²) in [6, 6.07) is 6.04. The molecule has 0 radical (unpaired) electrons. The van der Waals surface area contributed by atoms with Crippen LogP contribution in [-0.4, -0.2) is 22.0 Å². The molecule has 2 N–H and O–H groups in total. The average Bonchev–Trinajstić information content (AvgIpc) is 2.82. The van der Waals surface area contributed by atoms with Gasteiger partial charge in [0.25, 0.3) is 0 Å². The number of anilines is 1. The first-order chi connectivity index (χ1) is 9.19. The van der Waals surface area contributed by atoms with Crippen molar-refractivity contribution in [2.45, 2.75) is 0 Å². The zero-order chi connectivity index (χ0) is 13.4. The number of fused-ring (bicyclic) bond motifs is 1. The maximum absolute atomic E-state index is 6.21. The first kappa shape index (κ1) is 12.4. The molecule has 0 amide bonds. The number of benzene rings is 1. The molecule has 4 nitrogen and oxygen atoms in total. The summed E-state index contributed by atoms with van der Waals surface area (Å²) in [5.74, 6) is 0.545. The van der Waals surface area contributed by atoms with Gasteiger partial charge >= 0.3 is 0 Å². The van der Waals surface area contributed by atoms with Crippen LogP contribution < -0.4 is 5.32 Å². The zero-order valence-corrected chi connectivity index (χ0v) is 12.4. The Morgan fingerprint density at radius 2 is 2.21 bits per heavy atom. The van der Waals surface area contributed by atoms with Gasteiger partial charge in [0.05, 0.1) is 16.9 Å². The highest BCUT2D eigenvalue weighted by Gasteiger charge is 2.12. The number of aromatic nitrogens is 3. The Bertz CT molecular complexity index is 753. The molecule has 0 spiro atoms. The lowest BCUT2D eigenvalue weighted by atomic mass is 10.1. The fourth-order valence-corrected chi connectivity index (χ4v) is 2.52. The average molecular weight is 338 g/mol. The number of H-pyrrole nitrogens is 1. The Balaban J connectivity index is 2.26. The summed E-state index contributed by atoms with van der Waals surface area (Å²) in [7, 11) is 1.78. The fourth-order valence-electron chi connectivity index (χ4n) is 1.97. The van der Waals surface area contributed by atoms with E-state index in [0.29, 0.717) is 16.7 Å². The smallest absolute Gasteiger partial charge is 0.223 e. The second-order valence-corrected chi connectivity index (χ2v) is 5.36. The number of nitrogens with one attached hydrogen (secondary N) is 2. The molecule has 0 unspecified atom stereocenters. The van der Waals surface area contributed by atoms with Gasteiger partial charge in [-0.2, -0.15) is 0 Å². The SMILES string of the molecule is CNc1ncc(Cl)c(-c2c[nH]c3ccc(Br)cc23)n1. The van der Waals surface area contributed by atoms with Crippen LogP contribution in [0, 0.1) is 0 Å². The van der Waals surface area contributed by atoms with Crippen molar-refractivity contribution >= 4 is 44.4 Å². The summed E-state index contributed by atoms with van der Waals surface area (Å²) in [6.45, 7) is 0. The van der Waals surface area contributed by atoms with Gasteiger partial charge in [-0.15, -0.1) is 0 Å². The van der Waals surface area contributed by atoms with Crippen molar-refractivity contribution in [2.24, 2.45) is 0 Å². The van der Waals surface area contributed by atoms with E-state index in [-0.39, 0.29) is 0 Å². The highest BCUT2D eigenvalue weighted by atomic mass is 79.9. The lowest BCUT2D eigenvalue weighted by Gasteiger charge is -2.04. The van der Waals surface area contributed by atoms with Crippen molar-refractivity contribution < 1.29 is 0 Å². The fraction of sp³-hybridized carbons (Fsp3) is 0.0769. The molecule has 1 aromatic carbocycles. The van der Waals surface area contributed by atoms with Gasteiger partial charge in [0, 0.05) is 34.2 Å². The third kappa shape index (κ3) is 2.19. The predicted molar refractivity (Wildman–Crippen MR) is 81.6 cm³/mol. The third-order valence-electron chi connectivity index (χ3n) is 2.87. The largest absolute Gasteiger partial charge is 0.360 e. The molecule has 0 bridgehead atoms. The Morgan fingerprint density at radius 1 is 1.37 bits per heavy atom. The van der Waals surface area contributed by atoms with E-state index in [4.69, 9.17) is 11.6 Å². The summed E-state index contributed by atoms with van der Waals surface area (Å²) in [4.78, 5) is 11.7. The number of hydrogen-bond acceptors (Lipinski definition) is 3. The van der Waals surface area contributed by atoms with Gasteiger partial charge in [0.2, 0.25) is 5.95 Å². The second kappa shape index (κ2) is 4.83. The molecule has 0 aliphatic rings. The molecule has 2 heterocycles. The quantitative estimate of drug-likeness (QED) is 0.741. The van der Waals surface area contributed by atoms with Gasteiger partial charge in [0.15, 0.2) is 0 Å². The molecule has 0 aliphatic heterocycles. The van der Waals surface area contributed by atoms with E-state index in [0.717, 1.165) is 20.9 Å². The predicted octanol–water partition coefficient (Wildman–Crippen LogP) is 4.08. The molecule has 3 aromatic rings. The van der Waals surface area contributed by atoms with E-state index in [1.807, 2.05) is 24.4 Å². The van der Waals surface area contributed by atoms with E-state index in [2.05, 4.69) is 36.2 Å². The van der Waals surface area contributed by atoms with Gasteiger partial charge < -0.3 is 10.3 Å². The standard InChI is InChI=1S/C13H10BrClN4/c1-16-13-18-6-10(15)12(19-13)9-5-17-11-3-2-7(14)4-8(9)11/h2-6,17H,1H3,(H,16,18,19). The normalized spacial score (nSPS) is 10.9. The third-order valence-corrected chi connectivity index (χ3v) is 3.64. The highest BCUT2D eigenvalue weighted by Crippen LogP contribution is 2.33. The summed E-state index contributed by atoms with van der Waals surface area (Å²) in [5.41, 5.74) is 2.71. The number of hydrogen-bond donors (Lipinski definition) is 2. The molecule has 2 aromatic heterocycles. The van der Waals surface area contributed by atoms with Crippen molar-refractivity contribution in [3.05, 3.63) is 40.1 Å². The van der Waals surface area contributed by atoms with Crippen molar-refractivity contribution in [1.82, 2.24) is 15.0 Å². The van der Waals surface area contributed by atoms with Crippen molar-refractivity contribution in [2.75, 3.05) is 12.4 Å². The Hall–Kier alpha value is -1.59. The first-order valence-electron chi connectivity index (χ1n) is 5.66. The van der Waals surface area contributed by atoms with Crippen LogP contribution in [0.2, 0.25) is 5.02 Å². The molecule has 0 aliphatic carbocycles. The summed E-state index contributed by atoms with van der Waals surface area (Å²) in [5, 5.41) is 4.51. The number of rotatable bonds is 2. The van der Waals surface area contributed by atoms with Crippen LogP contribution in [0.25, 0.3) is 22.2 Å². The lowest BCUT2D eigenvalue weighted by Crippen LogP contribution is -1.97. The second-order valence-electron chi connectivity index (χ2n) is 4.03. The van der Waals surface area contributed by atoms with Crippen molar-refractivity contribution in [3.63, 3.8) is 0 Å². The molecule has 0 fully saturated rings. The maximum Gasteiger partial charge on any atom is 0.223 e. The first-order valence-corrected chi connectivity index (χ1v) is 6.83. The van der Waals surface area contributed by atoms with E-state index in [1.54, 1.807) is 13.2 Å². The number of nitrogens with zero attached hydrogens (tertiary/aromatic N) is 2. The number of aromatic amines is 1. The molecular formula is C13H10BrClN4. The molecule has 0 atom stereocenters. The van der Waals surface area contributed by atoms with Crippen LogP contribution in [0.1, 0.15) is 0 Å². The molecule has 96 valence electrons. The molecule has 0 saturated carbocycles. The monoisotopic (exact) mass is 336 g/mol. The number of halogens is 2. The molecule has 0 saturated heterocycles. The van der Waals surface area contributed by atoms with E-state index in [9.17, 15) is 0 Å². The van der Waals surface area contributed by atoms with Gasteiger partial charge in [-0.25, -0.2) is 9.97 Å². The highest BCUT2D eigenvalue weighted by molar-refractivity contribution is 9.10. The lowest BCUT2D eigenvalue weighted by molar-refractivity contribution is 1.16. The molecule has 6 heteroatoms. The summed E-state index contributed by atoms with van der Waals surface area (Å²) >= 11 is 9.68. The summed E-state index contributed by atoms with van der Waals surface area (Å²) in [6.07, 6.45) is 3.51. The minimum absolute atomic E-state index is 0.528. The topological polar surface area (TPSA) is 53.6 Å². The van der Waals surface area contributed by atoms with Crippen LogP contribution in [-0.2, 0) is 0 Å². The Kier molecular flexibility index (Phi) is 3.16. The summed E-state index contributed by atoms with van der Waals surface area (Å²) < 4.78 is 1.01. The van der Waals surface area contributed by atoms with E-state index in [1.165, 1.54) is 0 Å². The van der Waals surface area contributed by atoms with Crippen molar-refractivity contribution in [1.29, 1.82) is 0 Å². The molecule has 19 heavy (non-hydrogen) atoms. The Morgan fingerprint density at radius 3 is 3.00 bits per heavy atom. The van der Waals surface area contributed by atoms with Crippen LogP contribution >= 0.6 is 27.5 Å². The maximum atomic E-state index is 6.21. The zero-order valence-electron chi connectivity index (χ0n) is 10.0. The van der Waals surface area contributed by atoms with Gasteiger partial charge in [-0.05, 0) is 18.2 Å².